The van der Waals surface area contributed by atoms with E-state index in [1.807, 2.05) is 25.1 Å². The van der Waals surface area contributed by atoms with Crippen molar-refractivity contribution in [1.29, 1.82) is 0 Å². The second-order valence-electron chi connectivity index (χ2n) is 4.02. The first kappa shape index (κ1) is 11.6. The van der Waals surface area contributed by atoms with Gasteiger partial charge in [0.05, 0.1) is 6.04 Å². The molecule has 0 spiro atoms. The number of hydrogen-bond acceptors (Lipinski definition) is 4. The fourth-order valence-electron chi connectivity index (χ4n) is 1.87. The van der Waals surface area contributed by atoms with Crippen LogP contribution in [0.5, 0.6) is 0 Å². The predicted octanol–water partition coefficient (Wildman–Crippen LogP) is 1.52. The minimum atomic E-state index is -0.136. The molecule has 4 nitrogen and oxygen atoms in total. The van der Waals surface area contributed by atoms with Crippen molar-refractivity contribution in [2.75, 3.05) is 5.73 Å². The molecule has 0 aliphatic carbocycles. The second-order valence-corrected chi connectivity index (χ2v) is 4.02. The first-order valence-corrected chi connectivity index (χ1v) is 5.44. The summed E-state index contributed by atoms with van der Waals surface area (Å²) >= 11 is 0. The number of nitrogen functional groups attached to an aromatic ring is 1. The molecule has 2 rings (SSSR count). The summed E-state index contributed by atoms with van der Waals surface area (Å²) in [7, 11) is 0. The topological polar surface area (TPSA) is 77.0 Å². The Morgan fingerprint density at radius 1 is 1.29 bits per heavy atom. The van der Waals surface area contributed by atoms with E-state index in [9.17, 15) is 0 Å². The summed E-state index contributed by atoms with van der Waals surface area (Å²) in [6.45, 7) is 2.05. The van der Waals surface area contributed by atoms with Crippen molar-refractivity contribution in [3.8, 4) is 0 Å². The zero-order valence-corrected chi connectivity index (χ0v) is 9.72. The van der Waals surface area contributed by atoms with Crippen LogP contribution in [-0.4, -0.2) is 4.98 Å². The third-order valence-electron chi connectivity index (χ3n) is 2.74. The van der Waals surface area contributed by atoms with Crippen molar-refractivity contribution in [3.63, 3.8) is 0 Å². The monoisotopic (exact) mass is 228 g/mol. The molecule has 1 aromatic carbocycles. The van der Waals surface area contributed by atoms with Crippen LogP contribution < -0.4 is 17.0 Å². The van der Waals surface area contributed by atoms with Gasteiger partial charge in [0.15, 0.2) is 0 Å². The maximum Gasteiger partial charge on any atom is 0.0745 e. The lowest BCUT2D eigenvalue weighted by Crippen LogP contribution is -2.29. The normalized spacial score (nSPS) is 12.4. The highest BCUT2D eigenvalue weighted by atomic mass is 15.2. The summed E-state index contributed by atoms with van der Waals surface area (Å²) in [5.74, 6) is 5.62. The summed E-state index contributed by atoms with van der Waals surface area (Å²) in [6, 6.07) is 9.78. The number of hydrazine groups is 1. The van der Waals surface area contributed by atoms with Crippen molar-refractivity contribution >= 4 is 5.69 Å². The fraction of sp³-hybridized carbons (Fsp3) is 0.154. The van der Waals surface area contributed by atoms with Crippen molar-refractivity contribution in [2.24, 2.45) is 5.84 Å². The average molecular weight is 228 g/mol. The zero-order valence-electron chi connectivity index (χ0n) is 9.72. The molecule has 1 atom stereocenters. The molecule has 1 aromatic heterocycles. The van der Waals surface area contributed by atoms with E-state index in [1.165, 1.54) is 5.56 Å². The number of rotatable bonds is 3. The molecular weight excluding hydrogens is 212 g/mol. The van der Waals surface area contributed by atoms with Gasteiger partial charge in [0.2, 0.25) is 0 Å². The number of nitrogens with one attached hydrogen (secondary N) is 1. The Bertz CT molecular complexity index is 510. The van der Waals surface area contributed by atoms with Gasteiger partial charge in [0, 0.05) is 23.6 Å². The molecule has 2 aromatic rings. The Morgan fingerprint density at radius 2 is 2.12 bits per heavy atom. The van der Waals surface area contributed by atoms with Crippen LogP contribution in [-0.2, 0) is 0 Å². The van der Waals surface area contributed by atoms with Crippen LogP contribution in [0.1, 0.15) is 22.7 Å². The smallest absolute Gasteiger partial charge is 0.0745 e. The highest BCUT2D eigenvalue weighted by Crippen LogP contribution is 2.25. The molecule has 0 bridgehead atoms. The summed E-state index contributed by atoms with van der Waals surface area (Å²) in [5.41, 5.74) is 12.6. The van der Waals surface area contributed by atoms with Crippen LogP contribution in [0.2, 0.25) is 0 Å². The lowest BCUT2D eigenvalue weighted by atomic mass is 9.98. The van der Waals surface area contributed by atoms with E-state index in [2.05, 4.69) is 16.5 Å². The van der Waals surface area contributed by atoms with Crippen LogP contribution >= 0.6 is 0 Å². The van der Waals surface area contributed by atoms with E-state index < -0.39 is 0 Å². The third kappa shape index (κ3) is 2.43. The van der Waals surface area contributed by atoms with E-state index in [0.29, 0.717) is 5.69 Å². The van der Waals surface area contributed by atoms with Gasteiger partial charge in [-0.25, -0.2) is 5.43 Å². The number of anilines is 1. The molecule has 0 aliphatic heterocycles. The van der Waals surface area contributed by atoms with Crippen LogP contribution in [0.4, 0.5) is 5.69 Å². The highest BCUT2D eigenvalue weighted by Gasteiger charge is 2.15. The van der Waals surface area contributed by atoms with Gasteiger partial charge >= 0.3 is 0 Å². The number of hydrogen-bond donors (Lipinski definition) is 3. The number of nitrogens with zero attached hydrogens (tertiary/aromatic N) is 1. The first-order valence-electron chi connectivity index (χ1n) is 5.44. The lowest BCUT2D eigenvalue weighted by molar-refractivity contribution is 0.636. The molecule has 0 saturated heterocycles. The number of nitrogens with two attached hydrogens (primary N) is 2. The van der Waals surface area contributed by atoms with E-state index >= 15 is 0 Å². The summed E-state index contributed by atoms with van der Waals surface area (Å²) in [5, 5.41) is 0. The van der Waals surface area contributed by atoms with E-state index in [0.717, 1.165) is 11.1 Å². The molecular formula is C13H16N4. The Kier molecular flexibility index (Phi) is 3.37. The number of benzene rings is 1. The highest BCUT2D eigenvalue weighted by molar-refractivity contribution is 5.49. The molecule has 0 saturated carbocycles. The Morgan fingerprint density at radius 3 is 2.76 bits per heavy atom. The number of aromatic nitrogens is 1. The maximum absolute atomic E-state index is 5.94. The van der Waals surface area contributed by atoms with Gasteiger partial charge in [0.1, 0.15) is 0 Å². The van der Waals surface area contributed by atoms with E-state index in [-0.39, 0.29) is 6.04 Å². The van der Waals surface area contributed by atoms with Crippen molar-refractivity contribution in [2.45, 2.75) is 13.0 Å². The van der Waals surface area contributed by atoms with Gasteiger partial charge in [-0.2, -0.15) is 0 Å². The van der Waals surface area contributed by atoms with Crippen LogP contribution in [0, 0.1) is 6.92 Å². The molecule has 5 N–H and O–H groups in total. The largest absolute Gasteiger partial charge is 0.398 e. The Balaban J connectivity index is 2.44. The first-order chi connectivity index (χ1) is 8.22. The molecule has 0 aliphatic rings. The standard InChI is InChI=1S/C13H16N4/c1-9-3-2-4-10(7-9)13(17-15)11-8-16-6-5-12(11)14/h2-8,13,17H,15H2,1H3,(H2,14,16). The van der Waals surface area contributed by atoms with E-state index in [1.54, 1.807) is 18.5 Å². The van der Waals surface area contributed by atoms with Crippen molar-refractivity contribution < 1.29 is 0 Å². The van der Waals surface area contributed by atoms with Gasteiger partial charge in [-0.15, -0.1) is 0 Å². The maximum atomic E-state index is 5.94. The molecule has 17 heavy (non-hydrogen) atoms. The summed E-state index contributed by atoms with van der Waals surface area (Å²) in [6.07, 6.45) is 3.41. The lowest BCUT2D eigenvalue weighted by Gasteiger charge is -2.18. The zero-order chi connectivity index (χ0) is 12.3. The third-order valence-corrected chi connectivity index (χ3v) is 2.74. The van der Waals surface area contributed by atoms with Gasteiger partial charge in [0.25, 0.3) is 0 Å². The minimum Gasteiger partial charge on any atom is -0.398 e. The molecule has 88 valence electrons. The molecule has 4 heteroatoms. The van der Waals surface area contributed by atoms with E-state index in [4.69, 9.17) is 11.6 Å². The molecule has 0 radical (unpaired) electrons. The number of aryl methyl sites for hydroxylation is 1. The second kappa shape index (κ2) is 4.95. The summed E-state index contributed by atoms with van der Waals surface area (Å²) < 4.78 is 0. The molecule has 0 fully saturated rings. The van der Waals surface area contributed by atoms with Crippen LogP contribution in [0.15, 0.2) is 42.7 Å². The average Bonchev–Trinajstić information content (AvgIpc) is 2.33. The fourth-order valence-corrected chi connectivity index (χ4v) is 1.87. The van der Waals surface area contributed by atoms with Gasteiger partial charge in [-0.05, 0) is 18.6 Å². The molecule has 1 heterocycles. The van der Waals surface area contributed by atoms with Crippen LogP contribution in [0.25, 0.3) is 0 Å². The number of pyridine rings is 1. The van der Waals surface area contributed by atoms with Gasteiger partial charge in [-0.3, -0.25) is 10.8 Å². The van der Waals surface area contributed by atoms with Crippen molar-refractivity contribution in [3.05, 3.63) is 59.4 Å². The quantitative estimate of drug-likeness (QED) is 0.550. The Labute approximate surface area is 101 Å². The van der Waals surface area contributed by atoms with Crippen LogP contribution in [0.3, 0.4) is 0 Å². The van der Waals surface area contributed by atoms with Gasteiger partial charge in [-0.1, -0.05) is 29.8 Å². The minimum absolute atomic E-state index is 0.136. The summed E-state index contributed by atoms with van der Waals surface area (Å²) in [4.78, 5) is 4.09. The SMILES string of the molecule is Cc1cccc(C(NN)c2cnccc2N)c1. The van der Waals surface area contributed by atoms with Crippen molar-refractivity contribution in [1.82, 2.24) is 10.4 Å². The van der Waals surface area contributed by atoms with Gasteiger partial charge < -0.3 is 5.73 Å². The molecule has 0 amide bonds. The Hall–Kier alpha value is -1.91. The molecule has 1 unspecified atom stereocenters. The predicted molar refractivity (Wildman–Crippen MR) is 69.0 cm³/mol.